The molecule has 0 atom stereocenters. The van der Waals surface area contributed by atoms with Crippen LogP contribution in [0.5, 0.6) is 0 Å². The third-order valence-electron chi connectivity index (χ3n) is 2.17. The molecule has 0 unspecified atom stereocenters. The summed E-state index contributed by atoms with van der Waals surface area (Å²) < 4.78 is 18.8. The predicted octanol–water partition coefficient (Wildman–Crippen LogP) is 3.94. The predicted molar refractivity (Wildman–Crippen MR) is 59.1 cm³/mol. The van der Waals surface area contributed by atoms with E-state index >= 15 is 0 Å². The molecule has 16 heavy (non-hydrogen) atoms. The highest BCUT2D eigenvalue weighted by atomic mass is 35.5. The fraction of sp³-hybridized carbons (Fsp3) is 0.0833. The van der Waals surface area contributed by atoms with E-state index in [0.29, 0.717) is 5.76 Å². The summed E-state index contributed by atoms with van der Waals surface area (Å²) in [4.78, 5) is 11.0. The number of carbonyl (C=O) groups excluding carboxylic acids is 1. The Kier molecular flexibility index (Phi) is 2.79. The van der Waals surface area contributed by atoms with Crippen LogP contribution in [0.15, 0.2) is 34.7 Å². The maximum Gasteiger partial charge on any atom is 0.194 e. The van der Waals surface area contributed by atoms with Crippen LogP contribution in [0.3, 0.4) is 0 Å². The Labute approximate surface area is 96.6 Å². The number of benzene rings is 1. The standard InChI is InChI=1S/C12H8ClFO2/c1-7(15)10-5-6-11(16-10)8-3-2-4-9(13)12(8)14/h2-6H,1H3. The van der Waals surface area contributed by atoms with E-state index < -0.39 is 5.82 Å². The van der Waals surface area contributed by atoms with Crippen molar-refractivity contribution >= 4 is 17.4 Å². The van der Waals surface area contributed by atoms with E-state index in [-0.39, 0.29) is 22.1 Å². The Bertz CT molecular complexity index is 546. The van der Waals surface area contributed by atoms with Crippen LogP contribution in [0.1, 0.15) is 17.5 Å². The van der Waals surface area contributed by atoms with Gasteiger partial charge in [-0.1, -0.05) is 17.7 Å². The van der Waals surface area contributed by atoms with Gasteiger partial charge in [0.25, 0.3) is 0 Å². The second kappa shape index (κ2) is 4.10. The largest absolute Gasteiger partial charge is 0.453 e. The summed E-state index contributed by atoms with van der Waals surface area (Å²) in [6.07, 6.45) is 0. The van der Waals surface area contributed by atoms with Gasteiger partial charge in [0.1, 0.15) is 5.76 Å². The zero-order valence-electron chi connectivity index (χ0n) is 8.46. The molecular formula is C12H8ClFO2. The molecule has 0 saturated carbocycles. The molecule has 0 N–H and O–H groups in total. The van der Waals surface area contributed by atoms with Crippen LogP contribution < -0.4 is 0 Å². The van der Waals surface area contributed by atoms with E-state index in [2.05, 4.69) is 0 Å². The highest BCUT2D eigenvalue weighted by Gasteiger charge is 2.13. The fourth-order valence-electron chi connectivity index (χ4n) is 1.37. The van der Waals surface area contributed by atoms with E-state index in [1.807, 2.05) is 0 Å². The Morgan fingerprint density at radius 1 is 1.31 bits per heavy atom. The van der Waals surface area contributed by atoms with Crippen molar-refractivity contribution in [1.82, 2.24) is 0 Å². The summed E-state index contributed by atoms with van der Waals surface area (Å²) in [6.45, 7) is 1.39. The van der Waals surface area contributed by atoms with Crippen molar-refractivity contribution in [1.29, 1.82) is 0 Å². The minimum atomic E-state index is -0.548. The number of hydrogen-bond acceptors (Lipinski definition) is 2. The summed E-state index contributed by atoms with van der Waals surface area (Å²) in [6, 6.07) is 7.68. The molecule has 0 bridgehead atoms. The zero-order valence-corrected chi connectivity index (χ0v) is 9.22. The first-order valence-corrected chi connectivity index (χ1v) is 5.02. The minimum absolute atomic E-state index is 0.0262. The third kappa shape index (κ3) is 1.86. The topological polar surface area (TPSA) is 30.2 Å². The smallest absolute Gasteiger partial charge is 0.194 e. The van der Waals surface area contributed by atoms with E-state index in [4.69, 9.17) is 16.0 Å². The number of Topliss-reactive ketones (excluding diaryl/α,β-unsaturated/α-hetero) is 1. The van der Waals surface area contributed by atoms with Gasteiger partial charge in [-0.05, 0) is 24.3 Å². The number of ketones is 1. The number of furan rings is 1. The van der Waals surface area contributed by atoms with Crippen LogP contribution >= 0.6 is 11.6 Å². The molecule has 0 aliphatic rings. The van der Waals surface area contributed by atoms with Gasteiger partial charge in [0.05, 0.1) is 10.6 Å². The molecule has 0 fully saturated rings. The van der Waals surface area contributed by atoms with Crippen LogP contribution in [0.4, 0.5) is 4.39 Å². The molecule has 0 aliphatic carbocycles. The lowest BCUT2D eigenvalue weighted by Gasteiger charge is -2.00. The first-order chi connectivity index (χ1) is 7.59. The summed E-state index contributed by atoms with van der Waals surface area (Å²) in [5, 5.41) is 0.0262. The van der Waals surface area contributed by atoms with E-state index in [1.54, 1.807) is 18.2 Å². The SMILES string of the molecule is CC(=O)c1ccc(-c2cccc(Cl)c2F)o1. The average molecular weight is 239 g/mol. The Balaban J connectivity index is 2.50. The highest BCUT2D eigenvalue weighted by molar-refractivity contribution is 6.31. The maximum atomic E-state index is 13.6. The lowest BCUT2D eigenvalue weighted by atomic mass is 10.1. The summed E-state index contributed by atoms with van der Waals surface area (Å²) >= 11 is 5.65. The normalized spacial score (nSPS) is 10.4. The van der Waals surface area contributed by atoms with E-state index in [0.717, 1.165) is 0 Å². The van der Waals surface area contributed by atoms with Gasteiger partial charge in [0.15, 0.2) is 17.4 Å². The van der Waals surface area contributed by atoms with Crippen molar-refractivity contribution < 1.29 is 13.6 Å². The van der Waals surface area contributed by atoms with Crippen LogP contribution in [0.2, 0.25) is 5.02 Å². The monoisotopic (exact) mass is 238 g/mol. The van der Waals surface area contributed by atoms with Gasteiger partial charge in [-0.15, -0.1) is 0 Å². The number of carbonyl (C=O) groups is 1. The van der Waals surface area contributed by atoms with Crippen LogP contribution in [-0.2, 0) is 0 Å². The molecule has 0 radical (unpaired) electrons. The molecule has 2 aromatic rings. The number of hydrogen-bond donors (Lipinski definition) is 0. The van der Waals surface area contributed by atoms with Crippen molar-refractivity contribution in [2.24, 2.45) is 0 Å². The van der Waals surface area contributed by atoms with Crippen LogP contribution in [0, 0.1) is 5.82 Å². The molecule has 0 spiro atoms. The lowest BCUT2D eigenvalue weighted by Crippen LogP contribution is -1.87. The molecule has 1 heterocycles. The van der Waals surface area contributed by atoms with Gasteiger partial charge in [0, 0.05) is 6.92 Å². The molecular weight excluding hydrogens is 231 g/mol. The number of rotatable bonds is 2. The Morgan fingerprint density at radius 3 is 2.69 bits per heavy atom. The van der Waals surface area contributed by atoms with Crippen molar-refractivity contribution in [2.75, 3.05) is 0 Å². The summed E-state index contributed by atoms with van der Waals surface area (Å²) in [7, 11) is 0. The van der Waals surface area contributed by atoms with Crippen molar-refractivity contribution in [2.45, 2.75) is 6.92 Å². The quantitative estimate of drug-likeness (QED) is 0.742. The van der Waals surface area contributed by atoms with E-state index in [1.165, 1.54) is 19.1 Å². The molecule has 4 heteroatoms. The van der Waals surface area contributed by atoms with Gasteiger partial charge in [0.2, 0.25) is 0 Å². The molecule has 1 aromatic carbocycles. The third-order valence-corrected chi connectivity index (χ3v) is 2.46. The molecule has 2 nitrogen and oxygen atoms in total. The highest BCUT2D eigenvalue weighted by Crippen LogP contribution is 2.28. The van der Waals surface area contributed by atoms with Gasteiger partial charge in [-0.3, -0.25) is 4.79 Å². The van der Waals surface area contributed by atoms with Crippen LogP contribution in [0.25, 0.3) is 11.3 Å². The van der Waals surface area contributed by atoms with Gasteiger partial charge in [-0.2, -0.15) is 0 Å². The van der Waals surface area contributed by atoms with Crippen molar-refractivity contribution in [3.8, 4) is 11.3 Å². The first-order valence-electron chi connectivity index (χ1n) is 4.65. The minimum Gasteiger partial charge on any atom is -0.453 e. The van der Waals surface area contributed by atoms with Gasteiger partial charge >= 0.3 is 0 Å². The second-order valence-electron chi connectivity index (χ2n) is 3.32. The van der Waals surface area contributed by atoms with Gasteiger partial charge < -0.3 is 4.42 Å². The van der Waals surface area contributed by atoms with E-state index in [9.17, 15) is 9.18 Å². The number of halogens is 2. The van der Waals surface area contributed by atoms with Crippen LogP contribution in [-0.4, -0.2) is 5.78 Å². The molecule has 0 aliphatic heterocycles. The van der Waals surface area contributed by atoms with Crippen molar-refractivity contribution in [3.05, 3.63) is 46.9 Å². The lowest BCUT2D eigenvalue weighted by molar-refractivity contribution is 0.0988. The average Bonchev–Trinajstić information content (AvgIpc) is 2.71. The molecule has 82 valence electrons. The second-order valence-corrected chi connectivity index (χ2v) is 3.73. The Hall–Kier alpha value is -1.61. The fourth-order valence-corrected chi connectivity index (χ4v) is 1.54. The Morgan fingerprint density at radius 2 is 2.06 bits per heavy atom. The molecule has 1 aromatic heterocycles. The first kappa shape index (κ1) is 10.9. The molecule has 0 amide bonds. The molecule has 2 rings (SSSR count). The summed E-state index contributed by atoms with van der Waals surface area (Å²) in [5.74, 6) is -0.248. The maximum absolute atomic E-state index is 13.6. The van der Waals surface area contributed by atoms with Crippen molar-refractivity contribution in [3.63, 3.8) is 0 Å². The molecule has 0 saturated heterocycles. The van der Waals surface area contributed by atoms with Gasteiger partial charge in [-0.25, -0.2) is 4.39 Å². The zero-order chi connectivity index (χ0) is 11.7. The summed E-state index contributed by atoms with van der Waals surface area (Å²) in [5.41, 5.74) is 0.250.